The van der Waals surface area contributed by atoms with Crippen LogP contribution in [0, 0.1) is 0 Å². The van der Waals surface area contributed by atoms with Gasteiger partial charge in [0.15, 0.2) is 0 Å². The Balaban J connectivity index is 1.50. The largest absolute Gasteiger partial charge is 0.444 e. The predicted molar refractivity (Wildman–Crippen MR) is 93.0 cm³/mol. The Bertz CT molecular complexity index is 700. The molecule has 10 heteroatoms. The number of rotatable bonds is 5. The molecule has 0 saturated carbocycles. The van der Waals surface area contributed by atoms with Crippen molar-refractivity contribution in [2.75, 3.05) is 20.1 Å². The first kappa shape index (κ1) is 19.4. The maximum Gasteiger partial charge on any atom is 0.410 e. The van der Waals surface area contributed by atoms with E-state index in [1.165, 1.54) is 4.90 Å². The monoisotopic (exact) mass is 381 g/mol. The summed E-state index contributed by atoms with van der Waals surface area (Å²) in [6, 6.07) is -0.864. The van der Waals surface area contributed by atoms with Crippen LogP contribution in [0.5, 0.6) is 0 Å². The van der Waals surface area contributed by atoms with Crippen LogP contribution in [0.1, 0.15) is 57.9 Å². The third kappa shape index (κ3) is 4.32. The second-order valence-corrected chi connectivity index (χ2v) is 8.07. The Morgan fingerprint density at radius 2 is 2.11 bits per heavy atom. The smallest absolute Gasteiger partial charge is 0.410 e. The number of piperidine rings is 1. The molecule has 1 N–H and O–H groups in total. The van der Waals surface area contributed by atoms with Crippen molar-refractivity contribution >= 4 is 12.1 Å². The summed E-state index contributed by atoms with van der Waals surface area (Å²) < 4.78 is 11.0. The van der Waals surface area contributed by atoms with Gasteiger partial charge in [0.1, 0.15) is 11.6 Å². The van der Waals surface area contributed by atoms with Crippen molar-refractivity contribution in [3.63, 3.8) is 0 Å². The van der Waals surface area contributed by atoms with Gasteiger partial charge >= 0.3 is 12.1 Å². The number of aromatic nitrogens is 2. The lowest BCUT2D eigenvalue weighted by Crippen LogP contribution is -2.34. The molecule has 2 atom stereocenters. The number of carbonyl (C=O) groups is 2. The summed E-state index contributed by atoms with van der Waals surface area (Å²) in [5.41, 5.74) is -0.525. The van der Waals surface area contributed by atoms with Gasteiger partial charge in [0.25, 0.3) is 0 Å². The summed E-state index contributed by atoms with van der Waals surface area (Å²) in [6.45, 7) is 6.45. The molecule has 10 nitrogen and oxygen atoms in total. The lowest BCUT2D eigenvalue weighted by atomic mass is 10.0. The van der Waals surface area contributed by atoms with Crippen molar-refractivity contribution < 1.29 is 24.0 Å². The number of hydrogen-bond acceptors (Lipinski definition) is 7. The highest BCUT2D eigenvalue weighted by Crippen LogP contribution is 2.36. The highest BCUT2D eigenvalue weighted by molar-refractivity contribution is 5.76. The van der Waals surface area contributed by atoms with Crippen molar-refractivity contribution in [2.45, 2.75) is 64.1 Å². The summed E-state index contributed by atoms with van der Waals surface area (Å²) in [4.78, 5) is 27.1. The van der Waals surface area contributed by atoms with E-state index in [0.29, 0.717) is 50.6 Å². The number of fused-ring (bicyclic) bond motifs is 2. The fourth-order valence-corrected chi connectivity index (χ4v) is 3.31. The molecule has 0 spiro atoms. The van der Waals surface area contributed by atoms with Crippen LogP contribution in [0.4, 0.5) is 9.59 Å². The van der Waals surface area contributed by atoms with Gasteiger partial charge in [-0.3, -0.25) is 5.21 Å². The van der Waals surface area contributed by atoms with Crippen LogP contribution in [0.25, 0.3) is 0 Å². The lowest BCUT2D eigenvalue weighted by Gasteiger charge is -2.27. The number of urea groups is 1. The zero-order valence-electron chi connectivity index (χ0n) is 16.2. The minimum Gasteiger partial charge on any atom is -0.444 e. The van der Waals surface area contributed by atoms with E-state index in [9.17, 15) is 14.8 Å². The van der Waals surface area contributed by atoms with Gasteiger partial charge in [-0.15, -0.1) is 10.2 Å². The maximum atomic E-state index is 12.0. The minimum absolute atomic E-state index is 0.153. The van der Waals surface area contributed by atoms with Crippen molar-refractivity contribution in [3.8, 4) is 0 Å². The van der Waals surface area contributed by atoms with E-state index in [1.807, 2.05) is 20.8 Å². The average molecular weight is 381 g/mol. The fourth-order valence-electron chi connectivity index (χ4n) is 3.31. The Kier molecular flexibility index (Phi) is 5.27. The van der Waals surface area contributed by atoms with Gasteiger partial charge in [-0.2, -0.15) is 0 Å². The van der Waals surface area contributed by atoms with E-state index in [1.54, 1.807) is 11.9 Å². The van der Waals surface area contributed by atoms with Gasteiger partial charge < -0.3 is 19.0 Å². The molecule has 0 unspecified atom stereocenters. The standard InChI is InChI=1S/C17H27N5O5/c1-17(2,3)27-16(24)20(4)9-5-6-13-18-19-14(26-13)12-8-7-11-10-21(12)15(23)22(11)25/h11-12,25H,5-10H2,1-4H3/t11-,12-/m0/s1. The van der Waals surface area contributed by atoms with E-state index in [4.69, 9.17) is 9.15 Å². The van der Waals surface area contributed by atoms with Gasteiger partial charge in [-0.25, -0.2) is 14.7 Å². The van der Waals surface area contributed by atoms with Crippen molar-refractivity contribution in [2.24, 2.45) is 0 Å². The van der Waals surface area contributed by atoms with E-state index in [0.717, 1.165) is 5.06 Å². The molecular formula is C17H27N5O5. The number of nitrogens with zero attached hydrogens (tertiary/aromatic N) is 5. The molecule has 2 aliphatic rings. The number of hydrogen-bond donors (Lipinski definition) is 1. The van der Waals surface area contributed by atoms with E-state index < -0.39 is 11.6 Å². The van der Waals surface area contributed by atoms with Crippen molar-refractivity contribution in [3.05, 3.63) is 11.8 Å². The van der Waals surface area contributed by atoms with E-state index in [2.05, 4.69) is 10.2 Å². The van der Waals surface area contributed by atoms with Crippen LogP contribution in [0.2, 0.25) is 0 Å². The summed E-state index contributed by atoms with van der Waals surface area (Å²) >= 11 is 0. The first-order valence-electron chi connectivity index (χ1n) is 9.21. The zero-order chi connectivity index (χ0) is 19.8. The van der Waals surface area contributed by atoms with E-state index >= 15 is 0 Å². The molecule has 3 rings (SSSR count). The van der Waals surface area contributed by atoms with Crippen molar-refractivity contribution in [1.82, 2.24) is 25.1 Å². The molecule has 0 aliphatic carbocycles. The van der Waals surface area contributed by atoms with Crippen molar-refractivity contribution in [1.29, 1.82) is 0 Å². The van der Waals surface area contributed by atoms with Gasteiger partial charge in [-0.05, 0) is 40.0 Å². The molecular weight excluding hydrogens is 354 g/mol. The molecule has 1 aromatic heterocycles. The number of aryl methyl sites for hydroxylation is 1. The van der Waals surface area contributed by atoms with Crippen LogP contribution >= 0.6 is 0 Å². The quantitative estimate of drug-likeness (QED) is 0.778. The van der Waals surface area contributed by atoms with Crippen LogP contribution in [0.3, 0.4) is 0 Å². The lowest BCUT2D eigenvalue weighted by molar-refractivity contribution is -0.0584. The zero-order valence-corrected chi connectivity index (χ0v) is 16.2. The number of carbonyl (C=O) groups excluding carboxylic acids is 2. The van der Waals surface area contributed by atoms with Gasteiger partial charge in [0.2, 0.25) is 11.8 Å². The summed E-state index contributed by atoms with van der Waals surface area (Å²) in [7, 11) is 1.69. The number of amides is 3. The summed E-state index contributed by atoms with van der Waals surface area (Å²) in [6.07, 6.45) is 2.18. The molecule has 3 heterocycles. The Morgan fingerprint density at radius 1 is 1.37 bits per heavy atom. The summed E-state index contributed by atoms with van der Waals surface area (Å²) in [5, 5.41) is 18.7. The second-order valence-electron chi connectivity index (χ2n) is 8.07. The number of ether oxygens (including phenoxy) is 1. The van der Waals surface area contributed by atoms with Gasteiger partial charge in [0.05, 0.1) is 6.04 Å². The number of hydroxylamine groups is 2. The third-order valence-corrected chi connectivity index (χ3v) is 4.70. The molecule has 2 aliphatic heterocycles. The first-order chi connectivity index (χ1) is 12.7. The fraction of sp³-hybridized carbons (Fsp3) is 0.765. The van der Waals surface area contributed by atoms with Gasteiger partial charge in [-0.1, -0.05) is 0 Å². The molecule has 3 amide bonds. The van der Waals surface area contributed by atoms with Gasteiger partial charge in [0, 0.05) is 26.6 Å². The SMILES string of the molecule is CN(CCCc1nnc([C@@H]2CC[C@H]3CN2C(=O)N3O)o1)C(=O)OC(C)(C)C. The topological polar surface area (TPSA) is 112 Å². The third-order valence-electron chi connectivity index (χ3n) is 4.70. The molecule has 150 valence electrons. The molecule has 2 saturated heterocycles. The second kappa shape index (κ2) is 7.34. The molecule has 2 bridgehead atoms. The molecule has 2 fully saturated rings. The molecule has 0 aromatic carbocycles. The van der Waals surface area contributed by atoms with Crippen LogP contribution in [0.15, 0.2) is 4.42 Å². The highest BCUT2D eigenvalue weighted by atomic mass is 16.6. The van der Waals surface area contributed by atoms with Crippen LogP contribution < -0.4 is 0 Å². The first-order valence-corrected chi connectivity index (χ1v) is 9.21. The molecule has 1 aromatic rings. The van der Waals surface area contributed by atoms with Crippen LogP contribution in [-0.2, 0) is 11.2 Å². The highest BCUT2D eigenvalue weighted by Gasteiger charge is 2.46. The predicted octanol–water partition coefficient (Wildman–Crippen LogP) is 2.20. The van der Waals surface area contributed by atoms with E-state index in [-0.39, 0.29) is 18.2 Å². The normalized spacial score (nSPS) is 22.3. The molecule has 27 heavy (non-hydrogen) atoms. The Labute approximate surface area is 158 Å². The Hall–Kier alpha value is -2.36. The van der Waals surface area contributed by atoms with Crippen LogP contribution in [-0.4, -0.2) is 74.2 Å². The maximum absolute atomic E-state index is 12.0. The average Bonchev–Trinajstić information content (AvgIpc) is 3.14. The Morgan fingerprint density at radius 3 is 2.81 bits per heavy atom. The molecule has 0 radical (unpaired) electrons. The minimum atomic E-state index is -0.525. The summed E-state index contributed by atoms with van der Waals surface area (Å²) in [5.74, 6) is 0.866.